The van der Waals surface area contributed by atoms with Gasteiger partial charge in [0.15, 0.2) is 0 Å². The largest absolute Gasteiger partial charge is 0.390 e. The van der Waals surface area contributed by atoms with E-state index in [9.17, 15) is 5.11 Å². The fraction of sp³-hybridized carbons (Fsp3) is 0.810. The van der Waals surface area contributed by atoms with Gasteiger partial charge < -0.3 is 5.11 Å². The van der Waals surface area contributed by atoms with Crippen LogP contribution >= 0.6 is 0 Å². The van der Waals surface area contributed by atoms with E-state index in [4.69, 9.17) is 0 Å². The van der Waals surface area contributed by atoms with E-state index in [1.807, 2.05) is 13.8 Å². The van der Waals surface area contributed by atoms with Crippen molar-refractivity contribution < 1.29 is 5.11 Å². The number of hydrogen-bond donors (Lipinski definition) is 1. The summed E-state index contributed by atoms with van der Waals surface area (Å²) in [7, 11) is 0. The van der Waals surface area contributed by atoms with Crippen LogP contribution in [0.15, 0.2) is 23.3 Å². The Morgan fingerprint density at radius 2 is 1.64 bits per heavy atom. The van der Waals surface area contributed by atoms with Crippen molar-refractivity contribution in [3.8, 4) is 0 Å². The maximum absolute atomic E-state index is 9.82. The lowest BCUT2D eigenvalue weighted by atomic mass is 9.49. The lowest BCUT2D eigenvalue weighted by molar-refractivity contribution is -0.00579. The minimum absolute atomic E-state index is 0.441. The normalized spacial score (nSPS) is 36.4. The van der Waals surface area contributed by atoms with Gasteiger partial charge >= 0.3 is 0 Å². The van der Waals surface area contributed by atoms with Crippen molar-refractivity contribution in [2.24, 2.45) is 29.1 Å². The molecule has 1 fully saturated rings. The van der Waals surface area contributed by atoms with E-state index in [0.717, 1.165) is 24.7 Å². The van der Waals surface area contributed by atoms with Crippen molar-refractivity contribution in [3.05, 3.63) is 23.3 Å². The molecule has 0 heterocycles. The van der Waals surface area contributed by atoms with Crippen LogP contribution in [0.5, 0.6) is 0 Å². The first kappa shape index (κ1) is 17.8. The van der Waals surface area contributed by atoms with E-state index in [1.165, 1.54) is 18.4 Å². The van der Waals surface area contributed by atoms with E-state index in [2.05, 4.69) is 46.8 Å². The summed E-state index contributed by atoms with van der Waals surface area (Å²) in [5.41, 5.74) is 3.26. The molecule has 4 aliphatic rings. The Morgan fingerprint density at radius 1 is 1.05 bits per heavy atom. The summed E-state index contributed by atoms with van der Waals surface area (Å²) in [4.78, 5) is 0. The molecule has 4 atom stereocenters. The summed E-state index contributed by atoms with van der Waals surface area (Å²) < 4.78 is 0. The Labute approximate surface area is 137 Å². The number of allylic oxidation sites excluding steroid dienone is 4. The fourth-order valence-electron chi connectivity index (χ4n) is 4.47. The lowest BCUT2D eigenvalue weighted by Crippen LogP contribution is -2.47. The molecule has 2 bridgehead atoms. The van der Waals surface area contributed by atoms with E-state index in [0.29, 0.717) is 17.3 Å². The Hall–Kier alpha value is -0.560. The second-order valence-electron chi connectivity index (χ2n) is 9.16. The first-order valence-corrected chi connectivity index (χ1v) is 9.09. The van der Waals surface area contributed by atoms with Crippen molar-refractivity contribution >= 4 is 0 Å². The monoisotopic (exact) mass is 304 g/mol. The average Bonchev–Trinajstić information content (AvgIpc) is 2.41. The third kappa shape index (κ3) is 3.50. The number of fused-ring (bicyclic) bond motifs is 1. The molecule has 0 saturated heterocycles. The summed E-state index contributed by atoms with van der Waals surface area (Å²) in [5.74, 6) is 3.01. The molecule has 4 rings (SSSR count). The van der Waals surface area contributed by atoms with Crippen molar-refractivity contribution in [1.29, 1.82) is 0 Å². The van der Waals surface area contributed by atoms with Gasteiger partial charge in [0.2, 0.25) is 0 Å². The third-order valence-corrected chi connectivity index (χ3v) is 6.88. The highest BCUT2D eigenvalue weighted by molar-refractivity contribution is 5.21. The average molecular weight is 305 g/mol. The Bertz CT molecular complexity index is 461. The summed E-state index contributed by atoms with van der Waals surface area (Å²) in [6, 6.07) is 0. The van der Waals surface area contributed by atoms with Gasteiger partial charge in [-0.15, -0.1) is 0 Å². The smallest absolute Gasteiger partial charge is 0.0622 e. The molecule has 1 nitrogen and oxygen atoms in total. The Balaban J connectivity index is 0.000000162. The molecule has 1 heteroatoms. The second-order valence-corrected chi connectivity index (χ2v) is 9.16. The van der Waals surface area contributed by atoms with Crippen LogP contribution in [0.1, 0.15) is 74.1 Å². The summed E-state index contributed by atoms with van der Waals surface area (Å²) in [5, 5.41) is 9.82. The quantitative estimate of drug-likeness (QED) is 0.612. The van der Waals surface area contributed by atoms with Crippen LogP contribution in [-0.4, -0.2) is 10.7 Å². The highest BCUT2D eigenvalue weighted by atomic mass is 16.3. The maximum Gasteiger partial charge on any atom is 0.0622 e. The molecule has 1 saturated carbocycles. The summed E-state index contributed by atoms with van der Waals surface area (Å²) in [6.45, 7) is 15.4. The zero-order valence-corrected chi connectivity index (χ0v) is 15.7. The number of aliphatic hydroxyl groups is 1. The Morgan fingerprint density at radius 3 is 2.00 bits per heavy atom. The zero-order valence-electron chi connectivity index (χ0n) is 15.7. The first-order chi connectivity index (χ1) is 10.0. The third-order valence-electron chi connectivity index (χ3n) is 6.88. The molecule has 4 aliphatic carbocycles. The van der Waals surface area contributed by atoms with Gasteiger partial charge in [-0.1, -0.05) is 44.1 Å². The van der Waals surface area contributed by atoms with Crippen molar-refractivity contribution in [2.45, 2.75) is 79.8 Å². The summed E-state index contributed by atoms with van der Waals surface area (Å²) >= 11 is 0. The molecule has 1 N–H and O–H groups in total. The van der Waals surface area contributed by atoms with E-state index < -0.39 is 5.60 Å². The first-order valence-electron chi connectivity index (χ1n) is 9.09. The number of rotatable bonds is 1. The molecule has 0 aromatic heterocycles. The molecule has 126 valence electrons. The molecule has 0 amide bonds. The van der Waals surface area contributed by atoms with Crippen LogP contribution in [-0.2, 0) is 0 Å². The summed E-state index contributed by atoms with van der Waals surface area (Å²) in [6.07, 6.45) is 9.69. The van der Waals surface area contributed by atoms with Gasteiger partial charge in [-0.2, -0.15) is 0 Å². The van der Waals surface area contributed by atoms with Crippen molar-refractivity contribution in [2.75, 3.05) is 0 Å². The SMILES string of the molecule is CC1=CCC(C(C)(C)O)CC1C.CC1=CCC2CC1C2(C)C. The minimum Gasteiger partial charge on any atom is -0.390 e. The van der Waals surface area contributed by atoms with E-state index in [-0.39, 0.29) is 0 Å². The van der Waals surface area contributed by atoms with E-state index in [1.54, 1.807) is 5.57 Å². The van der Waals surface area contributed by atoms with Gasteiger partial charge in [-0.25, -0.2) is 0 Å². The van der Waals surface area contributed by atoms with Gasteiger partial charge in [-0.3, -0.25) is 0 Å². The lowest BCUT2D eigenvalue weighted by Gasteiger charge is -2.56. The molecule has 22 heavy (non-hydrogen) atoms. The molecular weight excluding hydrogens is 268 g/mol. The molecular formula is C21H36O. The fourth-order valence-corrected chi connectivity index (χ4v) is 4.47. The zero-order chi connectivity index (χ0) is 16.7. The van der Waals surface area contributed by atoms with Gasteiger partial charge in [0.25, 0.3) is 0 Å². The van der Waals surface area contributed by atoms with Crippen LogP contribution in [0.3, 0.4) is 0 Å². The maximum atomic E-state index is 9.82. The molecule has 0 aromatic rings. The number of hydrogen-bond acceptors (Lipinski definition) is 1. The molecule has 0 radical (unpaired) electrons. The molecule has 0 aromatic carbocycles. The van der Waals surface area contributed by atoms with Crippen LogP contribution < -0.4 is 0 Å². The van der Waals surface area contributed by atoms with E-state index >= 15 is 0 Å². The molecule has 4 unspecified atom stereocenters. The van der Waals surface area contributed by atoms with Gasteiger partial charge in [0.05, 0.1) is 5.60 Å². The minimum atomic E-state index is -0.508. The Kier molecular flexibility index (Phi) is 4.97. The van der Waals surface area contributed by atoms with Crippen LogP contribution in [0.25, 0.3) is 0 Å². The predicted octanol–water partition coefficient (Wildman–Crippen LogP) is 5.75. The standard InChI is InChI=1S/C11H20O.C10H16/c1-8-5-6-10(7-9(8)2)11(3,4)12;1-7-4-5-8-6-9(7)10(8,2)3/h5,9-10,12H,6-7H2,1-4H3;4,8-9H,5-6H2,1-3H3. The highest BCUT2D eigenvalue weighted by Gasteiger charge is 2.49. The topological polar surface area (TPSA) is 20.2 Å². The van der Waals surface area contributed by atoms with Crippen molar-refractivity contribution in [3.63, 3.8) is 0 Å². The molecule has 0 spiro atoms. The highest BCUT2D eigenvalue weighted by Crippen LogP contribution is 2.58. The second kappa shape index (κ2) is 6.15. The predicted molar refractivity (Wildman–Crippen MR) is 95.7 cm³/mol. The van der Waals surface area contributed by atoms with Gasteiger partial charge in [0, 0.05) is 0 Å². The molecule has 0 aliphatic heterocycles. The van der Waals surface area contributed by atoms with Crippen molar-refractivity contribution in [1.82, 2.24) is 0 Å². The van der Waals surface area contributed by atoms with Gasteiger partial charge in [0.1, 0.15) is 0 Å². The van der Waals surface area contributed by atoms with Crippen LogP contribution in [0, 0.1) is 29.1 Å². The van der Waals surface area contributed by atoms with Crippen LogP contribution in [0.2, 0.25) is 0 Å². The van der Waals surface area contributed by atoms with Gasteiger partial charge in [-0.05, 0) is 82.5 Å². The van der Waals surface area contributed by atoms with Crippen LogP contribution in [0.4, 0.5) is 0 Å².